The van der Waals surface area contributed by atoms with Gasteiger partial charge in [0.1, 0.15) is 29.3 Å². The van der Waals surface area contributed by atoms with Crippen LogP contribution in [-0.2, 0) is 4.79 Å². The number of fused-ring (bicyclic) bond motifs is 1. The molecule has 0 saturated carbocycles. The number of amides is 1. The number of ether oxygens (including phenoxy) is 1. The number of likely N-dealkylation sites (tertiary alicyclic amines) is 1. The molecule has 0 spiro atoms. The Morgan fingerprint density at radius 3 is 2.81 bits per heavy atom. The van der Waals surface area contributed by atoms with E-state index in [1.165, 1.54) is 6.33 Å². The Bertz CT molecular complexity index is 1480. The monoisotopic (exact) mass is 478 g/mol. The van der Waals surface area contributed by atoms with Gasteiger partial charge in [0.2, 0.25) is 5.91 Å². The Labute approximate surface area is 209 Å². The van der Waals surface area contributed by atoms with Crippen molar-refractivity contribution >= 4 is 22.8 Å². The summed E-state index contributed by atoms with van der Waals surface area (Å²) in [6.45, 7) is 3.14. The molecule has 5 rings (SSSR count). The predicted molar refractivity (Wildman–Crippen MR) is 139 cm³/mol. The SMILES string of the molecule is C#Cc1cccc(Oc2ccc(-c3nn([C@@H]4CCCN(C(=O)/C=C/C)C4)c4ncnc(N)c34)cc2)c1. The molecule has 0 aliphatic carbocycles. The summed E-state index contributed by atoms with van der Waals surface area (Å²) in [4.78, 5) is 23.0. The molecule has 4 aromatic rings. The Balaban J connectivity index is 1.47. The van der Waals surface area contributed by atoms with Crippen LogP contribution in [0.1, 0.15) is 31.4 Å². The first-order valence-electron chi connectivity index (χ1n) is 11.8. The van der Waals surface area contributed by atoms with Crippen molar-refractivity contribution in [3.8, 4) is 35.1 Å². The second-order valence-corrected chi connectivity index (χ2v) is 8.63. The lowest BCUT2D eigenvalue weighted by Crippen LogP contribution is -2.40. The number of hydrogen-bond acceptors (Lipinski definition) is 6. The van der Waals surface area contributed by atoms with Gasteiger partial charge in [-0.1, -0.05) is 18.1 Å². The average Bonchev–Trinajstić information content (AvgIpc) is 3.30. The van der Waals surface area contributed by atoms with Crippen molar-refractivity contribution in [1.29, 1.82) is 0 Å². The van der Waals surface area contributed by atoms with Gasteiger partial charge < -0.3 is 15.4 Å². The second-order valence-electron chi connectivity index (χ2n) is 8.63. The maximum Gasteiger partial charge on any atom is 0.246 e. The van der Waals surface area contributed by atoms with Gasteiger partial charge in [0.15, 0.2) is 5.65 Å². The number of rotatable bonds is 5. The highest BCUT2D eigenvalue weighted by molar-refractivity contribution is 5.98. The van der Waals surface area contributed by atoms with Crippen molar-refractivity contribution in [2.75, 3.05) is 18.8 Å². The third kappa shape index (κ3) is 4.51. The van der Waals surface area contributed by atoms with Crippen LogP contribution in [0.4, 0.5) is 5.82 Å². The topological polar surface area (TPSA) is 99.2 Å². The van der Waals surface area contributed by atoms with Crippen molar-refractivity contribution in [2.24, 2.45) is 0 Å². The molecule has 1 amide bonds. The van der Waals surface area contributed by atoms with Crippen molar-refractivity contribution in [2.45, 2.75) is 25.8 Å². The highest BCUT2D eigenvalue weighted by Crippen LogP contribution is 2.35. The lowest BCUT2D eigenvalue weighted by atomic mass is 10.1. The van der Waals surface area contributed by atoms with Crippen molar-refractivity contribution in [3.63, 3.8) is 0 Å². The number of nitrogen functional groups attached to an aromatic ring is 1. The lowest BCUT2D eigenvalue weighted by molar-refractivity contribution is -0.127. The zero-order chi connectivity index (χ0) is 25.1. The van der Waals surface area contributed by atoms with Crippen LogP contribution in [-0.4, -0.2) is 43.6 Å². The number of hydrogen-bond donors (Lipinski definition) is 1. The maximum atomic E-state index is 12.5. The molecular formula is C28H26N6O2. The van der Waals surface area contributed by atoms with Crippen LogP contribution in [0, 0.1) is 12.3 Å². The van der Waals surface area contributed by atoms with Crippen LogP contribution in [0.2, 0.25) is 0 Å². The normalized spacial score (nSPS) is 15.8. The molecule has 0 unspecified atom stereocenters. The Hall–Kier alpha value is -4.64. The third-order valence-corrected chi connectivity index (χ3v) is 6.25. The van der Waals surface area contributed by atoms with Crippen LogP contribution >= 0.6 is 0 Å². The predicted octanol–water partition coefficient (Wildman–Crippen LogP) is 4.59. The molecule has 8 nitrogen and oxygen atoms in total. The first-order chi connectivity index (χ1) is 17.6. The molecule has 1 atom stereocenters. The van der Waals surface area contributed by atoms with E-state index in [2.05, 4.69) is 15.9 Å². The zero-order valence-electron chi connectivity index (χ0n) is 20.0. The molecule has 1 fully saturated rings. The molecule has 0 bridgehead atoms. The summed E-state index contributed by atoms with van der Waals surface area (Å²) in [7, 11) is 0. The number of nitrogens with zero attached hydrogens (tertiary/aromatic N) is 5. The fraction of sp³-hybridized carbons (Fsp3) is 0.214. The fourth-order valence-electron chi connectivity index (χ4n) is 4.52. The summed E-state index contributed by atoms with van der Waals surface area (Å²) in [5.74, 6) is 4.33. The lowest BCUT2D eigenvalue weighted by Gasteiger charge is -2.32. The summed E-state index contributed by atoms with van der Waals surface area (Å²) < 4.78 is 7.86. The third-order valence-electron chi connectivity index (χ3n) is 6.25. The number of piperidine rings is 1. The highest BCUT2D eigenvalue weighted by atomic mass is 16.5. The van der Waals surface area contributed by atoms with E-state index in [9.17, 15) is 4.79 Å². The molecule has 2 aromatic heterocycles. The molecule has 180 valence electrons. The molecule has 36 heavy (non-hydrogen) atoms. The minimum atomic E-state index is -0.00968. The van der Waals surface area contributed by atoms with Crippen LogP contribution in [0.25, 0.3) is 22.3 Å². The smallest absolute Gasteiger partial charge is 0.246 e. The number of carbonyl (C=O) groups is 1. The van der Waals surface area contributed by atoms with E-state index >= 15 is 0 Å². The van der Waals surface area contributed by atoms with E-state index in [-0.39, 0.29) is 11.9 Å². The first-order valence-corrected chi connectivity index (χ1v) is 11.8. The van der Waals surface area contributed by atoms with Gasteiger partial charge >= 0.3 is 0 Å². The summed E-state index contributed by atoms with van der Waals surface area (Å²) in [6.07, 6.45) is 12.1. The average molecular weight is 479 g/mol. The number of allylic oxidation sites excluding steroid dienone is 1. The van der Waals surface area contributed by atoms with Gasteiger partial charge in [0.05, 0.1) is 11.4 Å². The number of nitrogens with two attached hydrogens (primary N) is 1. The van der Waals surface area contributed by atoms with Gasteiger partial charge in [-0.05, 0) is 68.3 Å². The minimum absolute atomic E-state index is 0.00968. The van der Waals surface area contributed by atoms with Crippen LogP contribution in [0.15, 0.2) is 67.0 Å². The van der Waals surface area contributed by atoms with Gasteiger partial charge in [-0.25, -0.2) is 14.6 Å². The Morgan fingerprint density at radius 2 is 2.03 bits per heavy atom. The number of carbonyl (C=O) groups excluding carboxylic acids is 1. The summed E-state index contributed by atoms with van der Waals surface area (Å²) in [6, 6.07) is 15.0. The molecule has 2 aromatic carbocycles. The molecule has 1 saturated heterocycles. The van der Waals surface area contributed by atoms with Gasteiger partial charge in [-0.3, -0.25) is 4.79 Å². The van der Waals surface area contributed by atoms with E-state index in [0.717, 1.165) is 30.5 Å². The molecule has 1 aliphatic rings. The van der Waals surface area contributed by atoms with Crippen molar-refractivity contribution < 1.29 is 9.53 Å². The zero-order valence-corrected chi connectivity index (χ0v) is 20.0. The largest absolute Gasteiger partial charge is 0.457 e. The quantitative estimate of drug-likeness (QED) is 0.333. The number of benzene rings is 2. The van der Waals surface area contributed by atoms with Crippen molar-refractivity contribution in [3.05, 3.63) is 72.6 Å². The van der Waals surface area contributed by atoms with E-state index in [1.807, 2.05) is 65.0 Å². The van der Waals surface area contributed by atoms with E-state index in [0.29, 0.717) is 40.6 Å². The molecule has 1 aliphatic heterocycles. The van der Waals surface area contributed by atoms with Gasteiger partial charge in [-0.15, -0.1) is 6.42 Å². The molecule has 3 heterocycles. The summed E-state index contributed by atoms with van der Waals surface area (Å²) in [5.41, 5.74) is 9.27. The van der Waals surface area contributed by atoms with E-state index in [4.69, 9.17) is 22.0 Å². The molecule has 2 N–H and O–H groups in total. The Kier molecular flexibility index (Phi) is 6.37. The van der Waals surface area contributed by atoms with Gasteiger partial charge in [-0.2, -0.15) is 5.10 Å². The summed E-state index contributed by atoms with van der Waals surface area (Å²) >= 11 is 0. The van der Waals surface area contributed by atoms with E-state index < -0.39 is 0 Å². The maximum absolute atomic E-state index is 12.5. The standard InChI is InChI=1S/C28H26N6O2/c1-3-7-24(35)33-15-6-9-21(17-33)34-28-25(27(29)30-18-31-28)26(32-34)20-11-13-22(14-12-20)36-23-10-5-8-19(4-2)16-23/h2-3,5,7-8,10-14,16,18,21H,6,9,15,17H2,1H3,(H2,29,30,31)/b7-3+/t21-/m1/s1. The number of anilines is 1. The van der Waals surface area contributed by atoms with Gasteiger partial charge in [0, 0.05) is 24.2 Å². The number of terminal acetylenes is 1. The van der Waals surface area contributed by atoms with Gasteiger partial charge in [0.25, 0.3) is 0 Å². The van der Waals surface area contributed by atoms with E-state index in [1.54, 1.807) is 12.2 Å². The molecule has 8 heteroatoms. The number of aromatic nitrogens is 4. The van der Waals surface area contributed by atoms with Crippen LogP contribution in [0.5, 0.6) is 11.5 Å². The minimum Gasteiger partial charge on any atom is -0.457 e. The molecule has 0 radical (unpaired) electrons. The fourth-order valence-corrected chi connectivity index (χ4v) is 4.52. The highest BCUT2D eigenvalue weighted by Gasteiger charge is 2.28. The van der Waals surface area contributed by atoms with Crippen LogP contribution in [0.3, 0.4) is 0 Å². The first kappa shape index (κ1) is 23.1. The van der Waals surface area contributed by atoms with Crippen molar-refractivity contribution in [1.82, 2.24) is 24.6 Å². The second kappa shape index (κ2) is 9.92. The summed E-state index contributed by atoms with van der Waals surface area (Å²) in [5, 5.41) is 5.63. The Morgan fingerprint density at radius 1 is 1.19 bits per heavy atom. The van der Waals surface area contributed by atoms with Crippen LogP contribution < -0.4 is 10.5 Å². The molecular weight excluding hydrogens is 452 g/mol.